The van der Waals surface area contributed by atoms with E-state index >= 15 is 0 Å². The lowest BCUT2D eigenvalue weighted by atomic mass is 9.88. The Hall–Kier alpha value is -2.82. The van der Waals surface area contributed by atoms with Gasteiger partial charge in [-0.2, -0.15) is 0 Å². The number of nitrogens with zero attached hydrogens (tertiary/aromatic N) is 1. The number of Topliss-reactive ketones (excluding diaryl/α,β-unsaturated/α-hetero) is 1. The zero-order chi connectivity index (χ0) is 17.8. The minimum atomic E-state index is -0.116. The molecular formula is C20H22N2O3. The van der Waals surface area contributed by atoms with Gasteiger partial charge >= 0.3 is 0 Å². The largest absolute Gasteiger partial charge is 0.497 e. The van der Waals surface area contributed by atoms with Crippen LogP contribution in [0.25, 0.3) is 0 Å². The van der Waals surface area contributed by atoms with E-state index in [-0.39, 0.29) is 17.6 Å². The summed E-state index contributed by atoms with van der Waals surface area (Å²) < 4.78 is 5.18. The standard InChI is InChI=1S/C20H22N2O3/c1-25-16-7-8-18(21)17(13-16)19(23)14-9-11-22(12-10-14)20(24)15-5-3-2-4-6-15/h2-8,13-14H,9-12,21H2,1H3. The molecule has 1 fully saturated rings. The number of ketones is 1. The smallest absolute Gasteiger partial charge is 0.253 e. The molecule has 0 unspecified atom stereocenters. The first-order valence-electron chi connectivity index (χ1n) is 8.42. The molecule has 0 atom stereocenters. The molecule has 1 heterocycles. The Kier molecular flexibility index (Phi) is 5.03. The maximum Gasteiger partial charge on any atom is 0.253 e. The first kappa shape index (κ1) is 17.0. The highest BCUT2D eigenvalue weighted by atomic mass is 16.5. The van der Waals surface area contributed by atoms with Gasteiger partial charge in [0.05, 0.1) is 7.11 Å². The Morgan fingerprint density at radius 2 is 1.76 bits per heavy atom. The maximum atomic E-state index is 12.8. The average molecular weight is 338 g/mol. The number of anilines is 1. The topological polar surface area (TPSA) is 72.6 Å². The van der Waals surface area contributed by atoms with Gasteiger partial charge in [-0.25, -0.2) is 0 Å². The molecule has 2 aromatic rings. The summed E-state index contributed by atoms with van der Waals surface area (Å²) in [7, 11) is 1.56. The van der Waals surface area contributed by atoms with Crippen molar-refractivity contribution in [3.63, 3.8) is 0 Å². The van der Waals surface area contributed by atoms with Crippen molar-refractivity contribution in [2.45, 2.75) is 12.8 Å². The number of piperidine rings is 1. The number of nitrogen functional groups attached to an aromatic ring is 1. The van der Waals surface area contributed by atoms with Crippen LogP contribution in [0, 0.1) is 5.92 Å². The minimum Gasteiger partial charge on any atom is -0.497 e. The number of hydrogen-bond donors (Lipinski definition) is 1. The SMILES string of the molecule is COc1ccc(N)c(C(=O)C2CCN(C(=O)c3ccccc3)CC2)c1. The number of benzene rings is 2. The van der Waals surface area contributed by atoms with Gasteiger partial charge in [-0.3, -0.25) is 9.59 Å². The molecule has 0 radical (unpaired) electrons. The van der Waals surface area contributed by atoms with Crippen molar-refractivity contribution >= 4 is 17.4 Å². The number of nitrogens with two attached hydrogens (primary N) is 1. The molecular weight excluding hydrogens is 316 g/mol. The molecule has 5 nitrogen and oxygen atoms in total. The Morgan fingerprint density at radius 1 is 1.08 bits per heavy atom. The van der Waals surface area contributed by atoms with Crippen molar-refractivity contribution in [1.29, 1.82) is 0 Å². The third-order valence-corrected chi connectivity index (χ3v) is 4.70. The molecule has 1 saturated heterocycles. The molecule has 0 saturated carbocycles. The molecule has 0 bridgehead atoms. The number of amides is 1. The van der Waals surface area contributed by atoms with Gasteiger partial charge in [0.15, 0.2) is 5.78 Å². The summed E-state index contributed by atoms with van der Waals surface area (Å²) in [5.74, 6) is 0.555. The fraction of sp³-hybridized carbons (Fsp3) is 0.300. The van der Waals surface area contributed by atoms with Gasteiger partial charge < -0.3 is 15.4 Å². The predicted molar refractivity (Wildman–Crippen MR) is 96.8 cm³/mol. The second kappa shape index (κ2) is 7.38. The van der Waals surface area contributed by atoms with Gasteiger partial charge in [-0.1, -0.05) is 18.2 Å². The van der Waals surface area contributed by atoms with Gasteiger partial charge in [0.25, 0.3) is 5.91 Å². The second-order valence-electron chi connectivity index (χ2n) is 6.25. The van der Waals surface area contributed by atoms with E-state index in [0.29, 0.717) is 48.5 Å². The molecule has 0 aromatic heterocycles. The van der Waals surface area contributed by atoms with Crippen LogP contribution in [0.1, 0.15) is 33.6 Å². The highest BCUT2D eigenvalue weighted by molar-refractivity contribution is 6.03. The number of methoxy groups -OCH3 is 1. The van der Waals surface area contributed by atoms with Gasteiger partial charge in [0, 0.05) is 35.8 Å². The third kappa shape index (κ3) is 3.65. The van der Waals surface area contributed by atoms with Crippen LogP contribution in [-0.2, 0) is 0 Å². The number of carbonyl (C=O) groups excluding carboxylic acids is 2. The van der Waals surface area contributed by atoms with E-state index < -0.39 is 0 Å². The lowest BCUT2D eigenvalue weighted by molar-refractivity contribution is 0.0650. The Balaban J connectivity index is 1.66. The van der Waals surface area contributed by atoms with E-state index in [4.69, 9.17) is 10.5 Å². The van der Waals surface area contributed by atoms with Crippen LogP contribution in [0.15, 0.2) is 48.5 Å². The third-order valence-electron chi connectivity index (χ3n) is 4.70. The van der Waals surface area contributed by atoms with Crippen molar-refractivity contribution in [3.05, 3.63) is 59.7 Å². The van der Waals surface area contributed by atoms with Crippen molar-refractivity contribution in [1.82, 2.24) is 4.90 Å². The highest BCUT2D eigenvalue weighted by Gasteiger charge is 2.29. The van der Waals surface area contributed by atoms with Gasteiger partial charge in [0.1, 0.15) is 5.75 Å². The Bertz CT molecular complexity index is 766. The average Bonchev–Trinajstić information content (AvgIpc) is 2.68. The van der Waals surface area contributed by atoms with Crippen LogP contribution >= 0.6 is 0 Å². The predicted octanol–water partition coefficient (Wildman–Crippen LogP) is 3.01. The van der Waals surface area contributed by atoms with E-state index in [1.54, 1.807) is 25.3 Å². The first-order valence-corrected chi connectivity index (χ1v) is 8.42. The summed E-state index contributed by atoms with van der Waals surface area (Å²) in [6, 6.07) is 14.4. The minimum absolute atomic E-state index is 0.0207. The molecule has 5 heteroatoms. The molecule has 1 aliphatic heterocycles. The van der Waals surface area contributed by atoms with E-state index in [1.165, 1.54) is 0 Å². The summed E-state index contributed by atoms with van der Waals surface area (Å²) in [4.78, 5) is 27.1. The quantitative estimate of drug-likeness (QED) is 0.687. The van der Waals surface area contributed by atoms with Crippen molar-refractivity contribution in [2.24, 2.45) is 5.92 Å². The van der Waals surface area contributed by atoms with Gasteiger partial charge in [-0.05, 0) is 43.2 Å². The van der Waals surface area contributed by atoms with E-state index in [0.717, 1.165) is 0 Å². The van der Waals surface area contributed by atoms with Crippen LogP contribution in [0.3, 0.4) is 0 Å². The van der Waals surface area contributed by atoms with Gasteiger partial charge in [-0.15, -0.1) is 0 Å². The number of ether oxygens (including phenoxy) is 1. The zero-order valence-electron chi connectivity index (χ0n) is 14.3. The Labute approximate surface area is 147 Å². The zero-order valence-corrected chi connectivity index (χ0v) is 14.3. The number of rotatable bonds is 4. The molecule has 1 amide bonds. The van der Waals surface area contributed by atoms with Crippen LogP contribution in [0.4, 0.5) is 5.69 Å². The van der Waals surface area contributed by atoms with E-state index in [1.807, 2.05) is 35.2 Å². The summed E-state index contributed by atoms with van der Waals surface area (Å²) in [5, 5.41) is 0. The normalized spacial score (nSPS) is 15.0. The fourth-order valence-corrected chi connectivity index (χ4v) is 3.20. The summed E-state index contributed by atoms with van der Waals surface area (Å²) >= 11 is 0. The van der Waals surface area contributed by atoms with Crippen LogP contribution in [0.2, 0.25) is 0 Å². The molecule has 0 aliphatic carbocycles. The molecule has 1 aliphatic rings. The lowest BCUT2D eigenvalue weighted by Crippen LogP contribution is -2.40. The molecule has 2 N–H and O–H groups in total. The molecule has 0 spiro atoms. The highest BCUT2D eigenvalue weighted by Crippen LogP contribution is 2.27. The van der Waals surface area contributed by atoms with Crippen LogP contribution in [-0.4, -0.2) is 36.8 Å². The summed E-state index contributed by atoms with van der Waals surface area (Å²) in [6.07, 6.45) is 1.29. The summed E-state index contributed by atoms with van der Waals surface area (Å²) in [5.41, 5.74) is 7.62. The molecule has 130 valence electrons. The molecule has 3 rings (SSSR count). The number of hydrogen-bond acceptors (Lipinski definition) is 4. The van der Waals surface area contributed by atoms with Crippen LogP contribution in [0.5, 0.6) is 5.75 Å². The van der Waals surface area contributed by atoms with E-state index in [2.05, 4.69) is 0 Å². The number of likely N-dealkylation sites (tertiary alicyclic amines) is 1. The summed E-state index contributed by atoms with van der Waals surface area (Å²) in [6.45, 7) is 1.15. The fourth-order valence-electron chi connectivity index (χ4n) is 3.20. The van der Waals surface area contributed by atoms with Crippen LogP contribution < -0.4 is 10.5 Å². The number of carbonyl (C=O) groups is 2. The molecule has 25 heavy (non-hydrogen) atoms. The second-order valence-corrected chi connectivity index (χ2v) is 6.25. The maximum absolute atomic E-state index is 12.8. The monoisotopic (exact) mass is 338 g/mol. The molecule has 2 aromatic carbocycles. The lowest BCUT2D eigenvalue weighted by Gasteiger charge is -2.31. The first-order chi connectivity index (χ1) is 12.1. The van der Waals surface area contributed by atoms with E-state index in [9.17, 15) is 9.59 Å². The van der Waals surface area contributed by atoms with Crippen molar-refractivity contribution in [2.75, 3.05) is 25.9 Å². The van der Waals surface area contributed by atoms with Gasteiger partial charge in [0.2, 0.25) is 0 Å². The van der Waals surface area contributed by atoms with Crippen molar-refractivity contribution < 1.29 is 14.3 Å². The Morgan fingerprint density at radius 3 is 2.40 bits per heavy atom. The van der Waals surface area contributed by atoms with Crippen molar-refractivity contribution in [3.8, 4) is 5.75 Å².